The minimum Gasteiger partial charge on any atom is -0.463 e. The summed E-state index contributed by atoms with van der Waals surface area (Å²) in [7, 11) is 1.32. The van der Waals surface area contributed by atoms with Crippen molar-refractivity contribution >= 4 is 64.1 Å². The minimum absolute atomic E-state index is 0.0997. The van der Waals surface area contributed by atoms with Crippen LogP contribution < -0.4 is 4.90 Å². The van der Waals surface area contributed by atoms with E-state index in [1.807, 2.05) is 6.08 Å². The maximum Gasteiger partial charge on any atom is 0.253 e. The lowest BCUT2D eigenvalue weighted by molar-refractivity contribution is -0.138. The summed E-state index contributed by atoms with van der Waals surface area (Å²) in [5.41, 5.74) is 1.03. The van der Waals surface area contributed by atoms with Gasteiger partial charge in [-0.15, -0.1) is 23.2 Å². The van der Waals surface area contributed by atoms with Crippen LogP contribution in [0.4, 0.5) is 5.69 Å². The van der Waals surface area contributed by atoms with Gasteiger partial charge in [0.2, 0.25) is 11.8 Å². The summed E-state index contributed by atoms with van der Waals surface area (Å²) in [5, 5.41) is 10.0. The highest BCUT2D eigenvalue weighted by atomic mass is 35.5. The molecule has 2 aliphatic carbocycles. The summed E-state index contributed by atoms with van der Waals surface area (Å²) in [6, 6.07) is 9.55. The number of imide groups is 2. The van der Waals surface area contributed by atoms with Gasteiger partial charge in [0.15, 0.2) is 9.75 Å². The lowest BCUT2D eigenvalue weighted by atomic mass is 9.57. The largest absolute Gasteiger partial charge is 0.463 e. The van der Waals surface area contributed by atoms with Crippen LogP contribution >= 0.6 is 34.8 Å². The van der Waals surface area contributed by atoms with Gasteiger partial charge in [0, 0.05) is 12.1 Å². The fourth-order valence-electron chi connectivity index (χ4n) is 6.54. The molecule has 1 N–H and O–H groups in total. The third-order valence-corrected chi connectivity index (χ3v) is 9.89. The number of alkyl halides is 2. The Morgan fingerprint density at radius 2 is 1.70 bits per heavy atom. The summed E-state index contributed by atoms with van der Waals surface area (Å²) in [5.74, 6) is -4.68. The molecule has 0 radical (unpaired) electrons. The molecule has 37 heavy (non-hydrogen) atoms. The van der Waals surface area contributed by atoms with E-state index in [1.165, 1.54) is 7.05 Å². The normalized spacial score (nSPS) is 35.0. The average molecular weight is 564 g/mol. The van der Waals surface area contributed by atoms with Crippen LogP contribution in [-0.2, 0) is 25.8 Å². The van der Waals surface area contributed by atoms with E-state index in [0.717, 1.165) is 9.80 Å². The van der Waals surface area contributed by atoms with Crippen LogP contribution in [0.2, 0.25) is 5.02 Å². The Hall–Kier alpha value is -2.65. The second kappa shape index (κ2) is 8.17. The fourth-order valence-corrected chi connectivity index (χ4v) is 7.66. The first-order chi connectivity index (χ1) is 17.5. The van der Waals surface area contributed by atoms with E-state index < -0.39 is 51.1 Å². The lowest BCUT2D eigenvalue weighted by Crippen LogP contribution is -2.60. The van der Waals surface area contributed by atoms with Crippen LogP contribution in [-0.4, -0.2) is 50.4 Å². The minimum atomic E-state index is -1.92. The van der Waals surface area contributed by atoms with E-state index in [2.05, 4.69) is 0 Å². The number of hydrogen-bond donors (Lipinski definition) is 1. The molecule has 2 saturated heterocycles. The van der Waals surface area contributed by atoms with E-state index >= 15 is 0 Å². The third kappa shape index (κ3) is 3.07. The van der Waals surface area contributed by atoms with Crippen molar-refractivity contribution in [2.45, 2.75) is 35.1 Å². The number of amides is 4. The number of rotatable bonds is 3. The highest BCUT2D eigenvalue weighted by Gasteiger charge is 2.76. The first-order valence-corrected chi connectivity index (χ1v) is 12.9. The van der Waals surface area contributed by atoms with Gasteiger partial charge < -0.3 is 9.52 Å². The van der Waals surface area contributed by atoms with Crippen molar-refractivity contribution in [2.24, 2.45) is 17.8 Å². The molecule has 6 atom stereocenters. The highest BCUT2D eigenvalue weighted by Crippen LogP contribution is 2.65. The first kappa shape index (κ1) is 24.7. The fraction of sp³-hybridized carbons (Fsp3) is 0.385. The Bertz CT molecular complexity index is 1400. The molecule has 3 heterocycles. The smallest absolute Gasteiger partial charge is 0.253 e. The lowest BCUT2D eigenvalue weighted by Gasteiger charge is -2.49. The predicted octanol–water partition coefficient (Wildman–Crippen LogP) is 3.62. The molecule has 6 unspecified atom stereocenters. The molecule has 6 rings (SSSR count). The van der Waals surface area contributed by atoms with Crippen molar-refractivity contribution in [3.8, 4) is 0 Å². The molecular weight excluding hydrogens is 543 g/mol. The van der Waals surface area contributed by atoms with Crippen molar-refractivity contribution in [3.05, 3.63) is 64.6 Å². The summed E-state index contributed by atoms with van der Waals surface area (Å²) in [4.78, 5) is 52.4. The first-order valence-electron chi connectivity index (χ1n) is 11.8. The molecule has 11 heteroatoms. The van der Waals surface area contributed by atoms with Crippen molar-refractivity contribution in [1.82, 2.24) is 4.90 Å². The van der Waals surface area contributed by atoms with Crippen LogP contribution in [0.1, 0.15) is 30.3 Å². The van der Waals surface area contributed by atoms with Gasteiger partial charge >= 0.3 is 0 Å². The molecule has 2 aliphatic heterocycles. The van der Waals surface area contributed by atoms with Crippen molar-refractivity contribution < 1.29 is 28.7 Å². The Morgan fingerprint density at radius 3 is 2.35 bits per heavy atom. The molecular formula is C26H21Cl3N2O6. The molecule has 1 saturated carbocycles. The second-order valence-electron chi connectivity index (χ2n) is 9.95. The number of hydrogen-bond acceptors (Lipinski definition) is 6. The van der Waals surface area contributed by atoms with E-state index in [1.54, 1.807) is 36.4 Å². The Morgan fingerprint density at radius 1 is 1.00 bits per heavy atom. The van der Waals surface area contributed by atoms with Crippen molar-refractivity contribution in [3.63, 3.8) is 0 Å². The Balaban J connectivity index is 1.50. The number of aliphatic hydroxyl groups excluding tert-OH is 1. The van der Waals surface area contributed by atoms with Crippen LogP contribution in [0.15, 0.2) is 52.5 Å². The zero-order chi connectivity index (χ0) is 26.4. The van der Waals surface area contributed by atoms with Gasteiger partial charge in [-0.25, -0.2) is 0 Å². The topological polar surface area (TPSA) is 108 Å². The number of nitrogens with zero attached hydrogens (tertiary/aromatic N) is 2. The van der Waals surface area contributed by atoms with Gasteiger partial charge in [0.25, 0.3) is 11.8 Å². The number of benzene rings is 1. The van der Waals surface area contributed by atoms with Gasteiger partial charge in [-0.05, 0) is 55.2 Å². The van der Waals surface area contributed by atoms with Crippen molar-refractivity contribution in [1.29, 1.82) is 0 Å². The molecule has 2 aromatic rings. The molecule has 1 aromatic carbocycles. The van der Waals surface area contributed by atoms with Gasteiger partial charge in [-0.2, -0.15) is 0 Å². The second-order valence-corrected chi connectivity index (χ2v) is 11.6. The van der Waals surface area contributed by atoms with Crippen molar-refractivity contribution in [2.75, 3.05) is 11.9 Å². The number of furan rings is 1. The molecule has 0 spiro atoms. The van der Waals surface area contributed by atoms with Crippen LogP contribution in [0.5, 0.6) is 0 Å². The maximum absolute atomic E-state index is 13.8. The van der Waals surface area contributed by atoms with Gasteiger partial charge in [0.05, 0.1) is 23.4 Å². The van der Waals surface area contributed by atoms with E-state index in [9.17, 15) is 24.3 Å². The van der Waals surface area contributed by atoms with Gasteiger partial charge in [0.1, 0.15) is 18.1 Å². The standard InChI is InChI=1S/C26H21Cl3N2O6/c1-30-23(35)25(28)10-17-15(20(26(25,29)24(30)36)18-9-6-14(11-32)37-18)7-8-16-19(17)22(34)31(21(16)33)13-4-2-12(27)3-5-13/h2-7,9,16-17,19-20,32H,8,10-11H2,1H3. The van der Waals surface area contributed by atoms with Crippen LogP contribution in [0.25, 0.3) is 0 Å². The number of allylic oxidation sites excluding steroid dienone is 2. The van der Waals surface area contributed by atoms with Gasteiger partial charge in [-0.3, -0.25) is 29.0 Å². The maximum atomic E-state index is 13.8. The third-order valence-electron chi connectivity index (χ3n) is 8.22. The number of fused-ring (bicyclic) bond motifs is 4. The van der Waals surface area contributed by atoms with Gasteiger partial charge in [-0.1, -0.05) is 23.3 Å². The summed E-state index contributed by atoms with van der Waals surface area (Å²) in [6.07, 6.45) is 1.97. The highest BCUT2D eigenvalue weighted by molar-refractivity contribution is 6.53. The zero-order valence-corrected chi connectivity index (χ0v) is 21.8. The monoisotopic (exact) mass is 562 g/mol. The Labute approximate surface area is 226 Å². The number of likely N-dealkylation sites (tertiary alicyclic amines) is 1. The van der Waals surface area contributed by atoms with E-state index in [0.29, 0.717) is 16.3 Å². The SMILES string of the molecule is CN1C(=O)C2(Cl)CC3C(=CCC4C(=O)N(c5ccc(Cl)cc5)C(=O)C43)C(c3ccc(CO)o3)C2(Cl)C1=O. The Kier molecular flexibility index (Phi) is 5.45. The van der Waals surface area contributed by atoms with E-state index in [-0.39, 0.29) is 36.9 Å². The molecule has 1 aromatic heterocycles. The summed E-state index contributed by atoms with van der Waals surface area (Å²) in [6.45, 7) is -0.378. The molecule has 3 fully saturated rings. The summed E-state index contributed by atoms with van der Waals surface area (Å²) < 4.78 is 5.83. The molecule has 0 bridgehead atoms. The number of halogens is 3. The molecule has 4 amide bonds. The number of carbonyl (C=O) groups is 4. The predicted molar refractivity (Wildman–Crippen MR) is 134 cm³/mol. The van der Waals surface area contributed by atoms with Crippen LogP contribution in [0.3, 0.4) is 0 Å². The number of carbonyl (C=O) groups excluding carboxylic acids is 4. The zero-order valence-electron chi connectivity index (χ0n) is 19.5. The average Bonchev–Trinajstić information content (AvgIpc) is 3.49. The molecule has 8 nitrogen and oxygen atoms in total. The number of aliphatic hydroxyl groups is 1. The molecule has 4 aliphatic rings. The van der Waals surface area contributed by atoms with E-state index in [4.69, 9.17) is 39.2 Å². The molecule has 192 valence electrons. The quantitative estimate of drug-likeness (QED) is 0.347. The number of anilines is 1. The summed E-state index contributed by atoms with van der Waals surface area (Å²) >= 11 is 20.1. The van der Waals surface area contributed by atoms with Crippen LogP contribution in [0, 0.1) is 17.8 Å².